The van der Waals surface area contributed by atoms with Crippen molar-refractivity contribution >= 4 is 24.3 Å². The molecule has 0 heterocycles. The van der Waals surface area contributed by atoms with E-state index in [2.05, 4.69) is 27.7 Å². The van der Waals surface area contributed by atoms with E-state index < -0.39 is 18.4 Å². The summed E-state index contributed by atoms with van der Waals surface area (Å²) in [6.45, 7) is 11.7. The Morgan fingerprint density at radius 2 is 1.33 bits per heavy atom. The minimum absolute atomic E-state index is 0.0376. The van der Waals surface area contributed by atoms with E-state index in [0.717, 1.165) is 0 Å². The predicted molar refractivity (Wildman–Crippen MR) is 95.6 cm³/mol. The molecule has 0 bridgehead atoms. The Labute approximate surface area is 137 Å². The van der Waals surface area contributed by atoms with E-state index in [1.165, 1.54) is 51.8 Å². The van der Waals surface area contributed by atoms with Crippen molar-refractivity contribution in [3.8, 4) is 0 Å². The molecule has 0 aromatic rings. The van der Waals surface area contributed by atoms with Gasteiger partial charge in [0.15, 0.2) is 0 Å². The van der Waals surface area contributed by atoms with Gasteiger partial charge < -0.3 is 0 Å². The van der Waals surface area contributed by atoms with Crippen LogP contribution in [0.1, 0.15) is 79.6 Å². The third-order valence-corrected chi connectivity index (χ3v) is 23.0. The van der Waals surface area contributed by atoms with Gasteiger partial charge in [0.25, 0.3) is 0 Å². The van der Waals surface area contributed by atoms with E-state index >= 15 is 0 Å². The van der Waals surface area contributed by atoms with Gasteiger partial charge in [0.1, 0.15) is 0 Å². The number of hydrogen-bond acceptors (Lipinski definition) is 2. The van der Waals surface area contributed by atoms with E-state index in [0.29, 0.717) is 17.0 Å². The van der Waals surface area contributed by atoms with Crippen LogP contribution in [0.4, 0.5) is 0 Å². The molecule has 0 amide bonds. The molecule has 0 aromatic heterocycles. The molecule has 1 unspecified atom stereocenters. The van der Waals surface area contributed by atoms with Gasteiger partial charge in [0.2, 0.25) is 0 Å². The number of carbonyl (C=O) groups excluding carboxylic acids is 1. The molecule has 0 aliphatic heterocycles. The second kappa shape index (κ2) is 12.8. The first-order chi connectivity index (χ1) is 10.1. The number of carbonyl (C=O) groups is 1. The molecule has 2 nitrogen and oxygen atoms in total. The number of esters is 1. The van der Waals surface area contributed by atoms with Gasteiger partial charge in [0, 0.05) is 0 Å². The van der Waals surface area contributed by atoms with Gasteiger partial charge >= 0.3 is 137 Å². The molecule has 0 fully saturated rings. The summed E-state index contributed by atoms with van der Waals surface area (Å²) in [5.41, 5.74) is 0. The summed E-state index contributed by atoms with van der Waals surface area (Å²) in [4.78, 5) is 11.9. The molecule has 1 atom stereocenters. The summed E-state index contributed by atoms with van der Waals surface area (Å²) < 4.78 is 10.3. The van der Waals surface area contributed by atoms with Crippen LogP contribution in [0.5, 0.6) is 0 Å². The van der Waals surface area contributed by atoms with Crippen molar-refractivity contribution in [3.05, 3.63) is 0 Å². The first-order valence-electron chi connectivity index (χ1n) is 9.21. The molecule has 0 saturated carbocycles. The quantitative estimate of drug-likeness (QED) is 0.270. The molecule has 0 aromatic carbocycles. The normalized spacial score (nSPS) is 13.2. The van der Waals surface area contributed by atoms with Crippen molar-refractivity contribution in [1.82, 2.24) is 0 Å². The van der Waals surface area contributed by atoms with Gasteiger partial charge in [-0.05, 0) is 0 Å². The van der Waals surface area contributed by atoms with Gasteiger partial charge in [-0.2, -0.15) is 0 Å². The monoisotopic (exact) mass is 406 g/mol. The standard InChI is InChI=1S/C6H11O2.3C4H9.Sn/c1-3-5-6(7)8-4-2;3*1-3-4-2;/h3H,4-5H2,1-2H3;3*1,3-4H2,2H3;. The van der Waals surface area contributed by atoms with Crippen LogP contribution in [0.3, 0.4) is 0 Å². The van der Waals surface area contributed by atoms with Crippen molar-refractivity contribution in [3.63, 3.8) is 0 Å². The molecule has 0 saturated heterocycles. The molecule has 0 spiro atoms. The summed E-state index contributed by atoms with van der Waals surface area (Å²) in [7, 11) is 0. The molecule has 126 valence electrons. The Morgan fingerprint density at radius 3 is 1.67 bits per heavy atom. The van der Waals surface area contributed by atoms with E-state index in [4.69, 9.17) is 4.74 Å². The second-order valence-electron chi connectivity index (χ2n) is 6.58. The fourth-order valence-corrected chi connectivity index (χ4v) is 20.5. The third kappa shape index (κ3) is 8.47. The van der Waals surface area contributed by atoms with Crippen LogP contribution in [-0.4, -0.2) is 31.0 Å². The molecule has 0 aliphatic rings. The summed E-state index contributed by atoms with van der Waals surface area (Å²) in [6, 6.07) is 0. The van der Waals surface area contributed by atoms with Crippen molar-refractivity contribution < 1.29 is 9.53 Å². The van der Waals surface area contributed by atoms with Crippen molar-refractivity contribution in [2.24, 2.45) is 0 Å². The average molecular weight is 405 g/mol. The molecule has 0 N–H and O–H groups in total. The Kier molecular flexibility index (Phi) is 12.9. The van der Waals surface area contributed by atoms with Crippen LogP contribution in [0.2, 0.25) is 17.2 Å². The number of rotatable bonds is 13. The predicted octanol–water partition coefficient (Wildman–Crippen LogP) is 6.18. The van der Waals surface area contributed by atoms with E-state index in [9.17, 15) is 4.79 Å². The van der Waals surface area contributed by atoms with Crippen molar-refractivity contribution in [2.75, 3.05) is 6.61 Å². The van der Waals surface area contributed by atoms with Crippen LogP contribution in [0.15, 0.2) is 0 Å². The molecule has 0 radical (unpaired) electrons. The zero-order valence-electron chi connectivity index (χ0n) is 15.2. The summed E-state index contributed by atoms with van der Waals surface area (Å²) in [5.74, 6) is 0.0376. The SMILES string of the molecule is CCC[CH2][Sn]([CH2]CCC)([CH2]CCC)[CH](C)CC(=O)OCC. The summed E-state index contributed by atoms with van der Waals surface area (Å²) in [6.07, 6.45) is 8.68. The van der Waals surface area contributed by atoms with Gasteiger partial charge in [-0.15, -0.1) is 0 Å². The Morgan fingerprint density at radius 1 is 0.905 bits per heavy atom. The Balaban J connectivity index is 4.93. The number of hydrogen-bond donors (Lipinski definition) is 0. The van der Waals surface area contributed by atoms with Gasteiger partial charge in [0.05, 0.1) is 0 Å². The molecule has 0 rings (SSSR count). The van der Waals surface area contributed by atoms with Gasteiger partial charge in [-0.1, -0.05) is 0 Å². The molecule has 21 heavy (non-hydrogen) atoms. The van der Waals surface area contributed by atoms with Crippen molar-refractivity contribution in [1.29, 1.82) is 0 Å². The number of unbranched alkanes of at least 4 members (excludes halogenated alkanes) is 3. The van der Waals surface area contributed by atoms with E-state index in [-0.39, 0.29) is 5.97 Å². The van der Waals surface area contributed by atoms with Crippen LogP contribution >= 0.6 is 0 Å². The van der Waals surface area contributed by atoms with Crippen LogP contribution in [0, 0.1) is 0 Å². The molecular formula is C18H38O2Sn. The Hall–Kier alpha value is 0.269. The average Bonchev–Trinajstić information content (AvgIpc) is 2.47. The summed E-state index contributed by atoms with van der Waals surface area (Å²) >= 11 is -2.22. The first-order valence-corrected chi connectivity index (χ1v) is 16.9. The fraction of sp³-hybridized carbons (Fsp3) is 0.944. The van der Waals surface area contributed by atoms with Gasteiger partial charge in [-0.25, -0.2) is 0 Å². The fourth-order valence-electron chi connectivity index (χ4n) is 3.39. The molecule has 3 heteroatoms. The third-order valence-electron chi connectivity index (χ3n) is 4.91. The maximum atomic E-state index is 11.9. The van der Waals surface area contributed by atoms with Crippen LogP contribution in [-0.2, 0) is 9.53 Å². The van der Waals surface area contributed by atoms with E-state index in [1.54, 1.807) is 0 Å². The maximum absolute atomic E-state index is 11.9. The first kappa shape index (κ1) is 21.3. The zero-order chi connectivity index (χ0) is 16.1. The number of ether oxygens (including phenoxy) is 1. The zero-order valence-corrected chi connectivity index (χ0v) is 18.0. The topological polar surface area (TPSA) is 26.3 Å². The second-order valence-corrected chi connectivity index (χ2v) is 21.5. The van der Waals surface area contributed by atoms with Crippen molar-refractivity contribution in [2.45, 2.75) is 96.8 Å². The molecule has 0 aliphatic carbocycles. The Bertz CT molecular complexity index is 244. The summed E-state index contributed by atoms with van der Waals surface area (Å²) in [5, 5.41) is 0. The van der Waals surface area contributed by atoms with E-state index in [1.807, 2.05) is 6.92 Å². The minimum atomic E-state index is -2.22. The van der Waals surface area contributed by atoms with Crippen LogP contribution < -0.4 is 0 Å². The van der Waals surface area contributed by atoms with Gasteiger partial charge in [-0.3, -0.25) is 0 Å². The van der Waals surface area contributed by atoms with Crippen LogP contribution in [0.25, 0.3) is 0 Å². The molecular weight excluding hydrogens is 367 g/mol.